The lowest BCUT2D eigenvalue weighted by molar-refractivity contribution is -0.140. The van der Waals surface area contributed by atoms with Gasteiger partial charge in [-0.05, 0) is 49.9 Å². The maximum absolute atomic E-state index is 12.9. The van der Waals surface area contributed by atoms with Crippen molar-refractivity contribution in [2.24, 2.45) is 5.92 Å². The van der Waals surface area contributed by atoms with Crippen molar-refractivity contribution in [3.8, 4) is 0 Å². The van der Waals surface area contributed by atoms with Crippen LogP contribution in [0.5, 0.6) is 0 Å². The van der Waals surface area contributed by atoms with Crippen molar-refractivity contribution in [1.82, 2.24) is 15.0 Å². The lowest BCUT2D eigenvalue weighted by atomic mass is 9.96. The van der Waals surface area contributed by atoms with Gasteiger partial charge in [0.05, 0.1) is 11.8 Å². The fourth-order valence-electron chi connectivity index (χ4n) is 4.01. The van der Waals surface area contributed by atoms with Crippen molar-refractivity contribution in [3.63, 3.8) is 0 Å². The van der Waals surface area contributed by atoms with Gasteiger partial charge in [-0.1, -0.05) is 11.2 Å². The lowest BCUT2D eigenvalue weighted by Gasteiger charge is -2.38. The van der Waals surface area contributed by atoms with Crippen molar-refractivity contribution in [2.75, 3.05) is 24.5 Å². The molecule has 0 spiro atoms. The third-order valence-electron chi connectivity index (χ3n) is 6.22. The first-order chi connectivity index (χ1) is 13.5. The molecule has 0 N–H and O–H groups in total. The highest BCUT2D eigenvalue weighted by Gasteiger charge is 2.43. The molecule has 2 saturated heterocycles. The quantitative estimate of drug-likeness (QED) is 0.814. The number of rotatable bonds is 4. The molecule has 7 nitrogen and oxygen atoms in total. The van der Waals surface area contributed by atoms with E-state index >= 15 is 0 Å². The molecule has 1 aromatic heterocycles. The summed E-state index contributed by atoms with van der Waals surface area (Å²) in [4.78, 5) is 33.4. The predicted molar refractivity (Wildman–Crippen MR) is 102 cm³/mol. The van der Waals surface area contributed by atoms with E-state index in [0.717, 1.165) is 29.9 Å². The summed E-state index contributed by atoms with van der Waals surface area (Å²) < 4.78 is 5.37. The van der Waals surface area contributed by atoms with Crippen LogP contribution in [-0.2, 0) is 9.59 Å². The fourth-order valence-corrected chi connectivity index (χ4v) is 4.01. The first-order valence-corrected chi connectivity index (χ1v) is 9.99. The molecule has 0 radical (unpaired) electrons. The van der Waals surface area contributed by atoms with E-state index in [-0.39, 0.29) is 30.1 Å². The van der Waals surface area contributed by atoms with Crippen molar-refractivity contribution in [1.29, 1.82) is 0 Å². The summed E-state index contributed by atoms with van der Waals surface area (Å²) >= 11 is 0. The molecule has 3 aliphatic rings. The third-order valence-corrected chi connectivity index (χ3v) is 6.22. The van der Waals surface area contributed by atoms with Crippen molar-refractivity contribution in [3.05, 3.63) is 41.0 Å². The van der Waals surface area contributed by atoms with Crippen LogP contribution < -0.4 is 4.90 Å². The molecule has 1 aromatic carbocycles. The van der Waals surface area contributed by atoms with Crippen LogP contribution >= 0.6 is 0 Å². The topological polar surface area (TPSA) is 79.5 Å². The Labute approximate surface area is 163 Å². The number of hydrogen-bond acceptors (Lipinski definition) is 5. The minimum absolute atomic E-state index is 0.0182. The Morgan fingerprint density at radius 3 is 2.61 bits per heavy atom. The molecule has 1 unspecified atom stereocenters. The Morgan fingerprint density at radius 1 is 1.11 bits per heavy atom. The summed E-state index contributed by atoms with van der Waals surface area (Å²) in [7, 11) is 0. The maximum atomic E-state index is 12.9. The van der Waals surface area contributed by atoms with Crippen LogP contribution in [0, 0.1) is 19.8 Å². The van der Waals surface area contributed by atoms with Crippen LogP contribution in [0.4, 0.5) is 5.69 Å². The molecule has 0 bridgehead atoms. The normalized spacial score (nSPS) is 22.6. The monoisotopic (exact) mass is 380 g/mol. The molecule has 2 amide bonds. The van der Waals surface area contributed by atoms with Gasteiger partial charge in [-0.3, -0.25) is 9.59 Å². The van der Waals surface area contributed by atoms with Gasteiger partial charge >= 0.3 is 0 Å². The molecule has 1 atom stereocenters. The molecule has 146 valence electrons. The van der Waals surface area contributed by atoms with Gasteiger partial charge in [0.15, 0.2) is 5.82 Å². The number of hydrogen-bond donors (Lipinski definition) is 0. The third kappa shape index (κ3) is 2.99. The van der Waals surface area contributed by atoms with Crippen LogP contribution in [0.15, 0.2) is 22.7 Å². The van der Waals surface area contributed by atoms with Crippen LogP contribution in [0.3, 0.4) is 0 Å². The van der Waals surface area contributed by atoms with E-state index in [2.05, 4.69) is 17.1 Å². The molecule has 28 heavy (non-hydrogen) atoms. The van der Waals surface area contributed by atoms with Gasteiger partial charge in [0.25, 0.3) is 0 Å². The zero-order chi connectivity index (χ0) is 19.4. The van der Waals surface area contributed by atoms with Gasteiger partial charge in [-0.25, -0.2) is 0 Å². The standard InChI is InChI=1S/C21H24N4O3/c1-12-3-6-17(7-13(12)2)25-11-15(8-18(25)26)21(27)24-9-16(10-24)20-22-19(23-28-20)14-4-5-14/h3,6-7,14-16H,4-5,8-11H2,1-2H3. The van der Waals surface area contributed by atoms with Crippen LogP contribution in [0.2, 0.25) is 0 Å². The van der Waals surface area contributed by atoms with E-state index in [1.54, 1.807) is 4.90 Å². The largest absolute Gasteiger partial charge is 0.341 e. The highest BCUT2D eigenvalue weighted by molar-refractivity contribution is 6.00. The van der Waals surface area contributed by atoms with Crippen LogP contribution in [-0.4, -0.2) is 46.5 Å². The Kier molecular flexibility index (Phi) is 4.00. The van der Waals surface area contributed by atoms with Crippen molar-refractivity contribution >= 4 is 17.5 Å². The predicted octanol–water partition coefficient (Wildman–Crippen LogP) is 2.54. The highest BCUT2D eigenvalue weighted by atomic mass is 16.5. The first kappa shape index (κ1) is 17.4. The van der Waals surface area contributed by atoms with E-state index in [1.165, 1.54) is 5.56 Å². The van der Waals surface area contributed by atoms with Crippen LogP contribution in [0.1, 0.15) is 53.9 Å². The Hall–Kier alpha value is -2.70. The summed E-state index contributed by atoms with van der Waals surface area (Å²) in [6.45, 7) is 5.73. The number of carbonyl (C=O) groups excluding carboxylic acids is 2. The van der Waals surface area contributed by atoms with Gasteiger partial charge in [-0.15, -0.1) is 0 Å². The SMILES string of the molecule is Cc1ccc(N2CC(C(=O)N3CC(c4nc(C5CC5)no4)C3)CC2=O)cc1C. The molecule has 2 aromatic rings. The van der Waals surface area contributed by atoms with E-state index in [4.69, 9.17) is 4.52 Å². The number of aryl methyl sites for hydroxylation is 2. The number of anilines is 1. The van der Waals surface area contributed by atoms with E-state index in [1.807, 2.05) is 30.0 Å². The molecule has 3 heterocycles. The van der Waals surface area contributed by atoms with Crippen molar-refractivity contribution < 1.29 is 14.1 Å². The van der Waals surface area contributed by atoms with Gasteiger partial charge < -0.3 is 14.3 Å². The number of amides is 2. The van der Waals surface area contributed by atoms with Crippen LogP contribution in [0.25, 0.3) is 0 Å². The van der Waals surface area contributed by atoms with Gasteiger partial charge in [-0.2, -0.15) is 4.98 Å². The smallest absolute Gasteiger partial charge is 0.233 e. The number of aromatic nitrogens is 2. The summed E-state index contributed by atoms with van der Waals surface area (Å²) in [5.41, 5.74) is 3.22. The summed E-state index contributed by atoms with van der Waals surface area (Å²) in [6, 6.07) is 6.00. The molecule has 1 aliphatic carbocycles. The zero-order valence-electron chi connectivity index (χ0n) is 16.2. The van der Waals surface area contributed by atoms with E-state index in [0.29, 0.717) is 31.4 Å². The molecule has 2 aliphatic heterocycles. The van der Waals surface area contributed by atoms with Crippen molar-refractivity contribution in [2.45, 2.75) is 44.9 Å². The fraction of sp³-hybridized carbons (Fsp3) is 0.524. The average Bonchev–Trinajstić information content (AvgIpc) is 3.25. The summed E-state index contributed by atoms with van der Waals surface area (Å²) in [5.74, 6) is 1.84. The number of carbonyl (C=O) groups is 2. The summed E-state index contributed by atoms with van der Waals surface area (Å²) in [6.07, 6.45) is 2.56. The number of nitrogens with zero attached hydrogens (tertiary/aromatic N) is 4. The van der Waals surface area contributed by atoms with E-state index in [9.17, 15) is 9.59 Å². The van der Waals surface area contributed by atoms with Gasteiger partial charge in [0, 0.05) is 37.7 Å². The molecule has 1 saturated carbocycles. The molecule has 5 rings (SSSR count). The highest BCUT2D eigenvalue weighted by Crippen LogP contribution is 2.39. The molecular weight excluding hydrogens is 356 g/mol. The molecular formula is C21H24N4O3. The minimum atomic E-state index is -0.278. The Balaban J connectivity index is 1.20. The zero-order valence-corrected chi connectivity index (χ0v) is 16.2. The number of benzene rings is 1. The summed E-state index contributed by atoms with van der Waals surface area (Å²) in [5, 5.41) is 4.05. The average molecular weight is 380 g/mol. The lowest BCUT2D eigenvalue weighted by Crippen LogP contribution is -2.51. The van der Waals surface area contributed by atoms with Gasteiger partial charge in [0.1, 0.15) is 0 Å². The Morgan fingerprint density at radius 2 is 1.89 bits per heavy atom. The second kappa shape index (κ2) is 6.43. The molecule has 3 fully saturated rings. The second-order valence-corrected chi connectivity index (χ2v) is 8.38. The Bertz CT molecular complexity index is 943. The van der Waals surface area contributed by atoms with Gasteiger partial charge in [0.2, 0.25) is 17.7 Å². The number of likely N-dealkylation sites (tertiary alicyclic amines) is 1. The second-order valence-electron chi connectivity index (χ2n) is 8.38. The van der Waals surface area contributed by atoms with E-state index < -0.39 is 0 Å². The first-order valence-electron chi connectivity index (χ1n) is 9.99. The maximum Gasteiger partial charge on any atom is 0.233 e. The molecule has 7 heteroatoms. The minimum Gasteiger partial charge on any atom is -0.341 e.